The zero-order valence-corrected chi connectivity index (χ0v) is 12.9. The molecule has 1 amide bonds. The molecular formula is C19H17NO3. The number of amides is 1. The lowest BCUT2D eigenvalue weighted by molar-refractivity contribution is -0.139. The molecule has 0 aliphatic carbocycles. The van der Waals surface area contributed by atoms with Crippen LogP contribution in [0.2, 0.25) is 0 Å². The summed E-state index contributed by atoms with van der Waals surface area (Å²) in [5.41, 5.74) is 2.66. The average Bonchev–Trinajstić information content (AvgIpc) is 2.91. The molecule has 23 heavy (non-hydrogen) atoms. The van der Waals surface area contributed by atoms with Crippen LogP contribution in [0.1, 0.15) is 28.4 Å². The monoisotopic (exact) mass is 307 g/mol. The Kier molecular flexibility index (Phi) is 4.24. The van der Waals surface area contributed by atoms with Crippen LogP contribution >= 0.6 is 0 Å². The summed E-state index contributed by atoms with van der Waals surface area (Å²) in [7, 11) is 0. The minimum atomic E-state index is -0.488. The van der Waals surface area contributed by atoms with Gasteiger partial charge in [-0.15, -0.1) is 0 Å². The van der Waals surface area contributed by atoms with Crippen LogP contribution in [0.3, 0.4) is 0 Å². The van der Waals surface area contributed by atoms with Crippen molar-refractivity contribution in [3.05, 3.63) is 77.0 Å². The van der Waals surface area contributed by atoms with Crippen molar-refractivity contribution in [1.82, 2.24) is 4.90 Å². The second-order valence-corrected chi connectivity index (χ2v) is 5.21. The van der Waals surface area contributed by atoms with Crippen molar-refractivity contribution in [2.24, 2.45) is 0 Å². The highest BCUT2D eigenvalue weighted by molar-refractivity contribution is 6.05. The number of hydrogen-bond donors (Lipinski definition) is 0. The van der Waals surface area contributed by atoms with Crippen LogP contribution in [0.15, 0.2) is 60.3 Å². The van der Waals surface area contributed by atoms with Gasteiger partial charge in [0.15, 0.2) is 0 Å². The van der Waals surface area contributed by atoms with E-state index >= 15 is 0 Å². The number of benzene rings is 2. The normalized spacial score (nSPS) is 13.9. The van der Waals surface area contributed by atoms with Gasteiger partial charge in [-0.3, -0.25) is 9.69 Å². The standard InChI is InChI=1S/C19H17NO3/c1-2-23-19(22)17(12-14-8-4-3-5-9-14)20-13-15-10-6-7-11-16(15)18(20)21/h3-12H,2,13H2,1H3/b17-12-. The molecule has 2 aromatic rings. The predicted molar refractivity (Wildman–Crippen MR) is 87.4 cm³/mol. The van der Waals surface area contributed by atoms with E-state index in [-0.39, 0.29) is 18.2 Å². The van der Waals surface area contributed by atoms with Crippen molar-refractivity contribution >= 4 is 18.0 Å². The highest BCUT2D eigenvalue weighted by Gasteiger charge is 2.32. The Morgan fingerprint density at radius 2 is 1.83 bits per heavy atom. The van der Waals surface area contributed by atoms with Gasteiger partial charge in [0, 0.05) is 5.56 Å². The summed E-state index contributed by atoms with van der Waals surface area (Å²) in [6.45, 7) is 2.39. The molecule has 0 bridgehead atoms. The van der Waals surface area contributed by atoms with Crippen LogP contribution in [0.5, 0.6) is 0 Å². The molecule has 0 saturated heterocycles. The van der Waals surface area contributed by atoms with Gasteiger partial charge in [-0.25, -0.2) is 4.79 Å². The molecular weight excluding hydrogens is 290 g/mol. The van der Waals surface area contributed by atoms with Crippen LogP contribution in [-0.2, 0) is 16.1 Å². The largest absolute Gasteiger partial charge is 0.461 e. The molecule has 116 valence electrons. The Morgan fingerprint density at radius 1 is 1.13 bits per heavy atom. The fourth-order valence-corrected chi connectivity index (χ4v) is 2.61. The Morgan fingerprint density at radius 3 is 2.52 bits per heavy atom. The third kappa shape index (κ3) is 3.01. The summed E-state index contributed by atoms with van der Waals surface area (Å²) in [6, 6.07) is 16.8. The van der Waals surface area contributed by atoms with E-state index in [0.29, 0.717) is 12.1 Å². The lowest BCUT2D eigenvalue weighted by Crippen LogP contribution is -2.29. The van der Waals surface area contributed by atoms with Crippen molar-refractivity contribution in [2.45, 2.75) is 13.5 Å². The van der Waals surface area contributed by atoms with Crippen molar-refractivity contribution in [1.29, 1.82) is 0 Å². The van der Waals surface area contributed by atoms with Gasteiger partial charge in [0.25, 0.3) is 5.91 Å². The molecule has 3 rings (SSSR count). The maximum absolute atomic E-state index is 12.6. The van der Waals surface area contributed by atoms with E-state index in [1.54, 1.807) is 19.1 Å². The number of hydrogen-bond acceptors (Lipinski definition) is 3. The van der Waals surface area contributed by atoms with Gasteiger partial charge in [-0.05, 0) is 30.2 Å². The third-order valence-corrected chi connectivity index (χ3v) is 3.70. The highest BCUT2D eigenvalue weighted by Crippen LogP contribution is 2.27. The second-order valence-electron chi connectivity index (χ2n) is 5.21. The van der Waals surface area contributed by atoms with Crippen LogP contribution in [0.25, 0.3) is 6.08 Å². The molecule has 0 spiro atoms. The molecule has 0 saturated carbocycles. The molecule has 0 fully saturated rings. The Balaban J connectivity index is 1.99. The number of nitrogens with zero attached hydrogens (tertiary/aromatic N) is 1. The van der Waals surface area contributed by atoms with Gasteiger partial charge in [0.1, 0.15) is 5.70 Å². The summed E-state index contributed by atoms with van der Waals surface area (Å²) >= 11 is 0. The molecule has 0 aromatic heterocycles. The maximum atomic E-state index is 12.6. The minimum absolute atomic E-state index is 0.171. The molecule has 0 N–H and O–H groups in total. The van der Waals surface area contributed by atoms with Crippen LogP contribution in [0, 0.1) is 0 Å². The maximum Gasteiger partial charge on any atom is 0.355 e. The van der Waals surface area contributed by atoms with E-state index in [0.717, 1.165) is 11.1 Å². The lowest BCUT2D eigenvalue weighted by Gasteiger charge is -2.18. The predicted octanol–water partition coefficient (Wildman–Crippen LogP) is 3.25. The van der Waals surface area contributed by atoms with E-state index in [2.05, 4.69) is 0 Å². The summed E-state index contributed by atoms with van der Waals surface area (Å²) in [6.07, 6.45) is 1.70. The number of fused-ring (bicyclic) bond motifs is 1. The summed E-state index contributed by atoms with van der Waals surface area (Å²) < 4.78 is 5.13. The van der Waals surface area contributed by atoms with Crippen LogP contribution < -0.4 is 0 Å². The summed E-state index contributed by atoms with van der Waals surface area (Å²) in [5, 5.41) is 0. The number of carbonyl (C=O) groups excluding carboxylic acids is 2. The van der Waals surface area contributed by atoms with Crippen molar-refractivity contribution in [3.8, 4) is 0 Å². The minimum Gasteiger partial charge on any atom is -0.461 e. The van der Waals surface area contributed by atoms with E-state index in [4.69, 9.17) is 4.74 Å². The Labute approximate surface area is 135 Å². The highest BCUT2D eigenvalue weighted by atomic mass is 16.5. The van der Waals surface area contributed by atoms with Gasteiger partial charge >= 0.3 is 5.97 Å². The Hall–Kier alpha value is -2.88. The zero-order chi connectivity index (χ0) is 16.2. The first-order valence-electron chi connectivity index (χ1n) is 7.54. The summed E-state index contributed by atoms with van der Waals surface area (Å²) in [5.74, 6) is -0.659. The number of esters is 1. The van der Waals surface area contributed by atoms with E-state index in [9.17, 15) is 9.59 Å². The third-order valence-electron chi connectivity index (χ3n) is 3.70. The van der Waals surface area contributed by atoms with Crippen molar-refractivity contribution in [2.75, 3.05) is 6.61 Å². The van der Waals surface area contributed by atoms with E-state index in [1.165, 1.54) is 4.90 Å². The first-order valence-corrected chi connectivity index (χ1v) is 7.54. The quantitative estimate of drug-likeness (QED) is 0.643. The molecule has 0 radical (unpaired) electrons. The molecule has 1 heterocycles. The molecule has 4 heteroatoms. The number of ether oxygens (including phenoxy) is 1. The molecule has 4 nitrogen and oxygen atoms in total. The summed E-state index contributed by atoms with van der Waals surface area (Å²) in [4.78, 5) is 26.4. The molecule has 0 atom stereocenters. The van der Waals surface area contributed by atoms with Crippen molar-refractivity contribution < 1.29 is 14.3 Å². The zero-order valence-electron chi connectivity index (χ0n) is 12.9. The van der Waals surface area contributed by atoms with E-state index in [1.807, 2.05) is 48.5 Å². The second kappa shape index (κ2) is 6.48. The molecule has 0 unspecified atom stereocenters. The number of rotatable bonds is 4. The molecule has 1 aliphatic heterocycles. The molecule has 1 aliphatic rings. The molecule has 2 aromatic carbocycles. The van der Waals surface area contributed by atoms with Gasteiger partial charge < -0.3 is 4.74 Å². The SMILES string of the molecule is CCOC(=O)/C(=C/c1ccccc1)N1Cc2ccccc2C1=O. The first-order chi connectivity index (χ1) is 11.2. The van der Waals surface area contributed by atoms with Gasteiger partial charge in [-0.2, -0.15) is 0 Å². The van der Waals surface area contributed by atoms with E-state index < -0.39 is 5.97 Å². The number of carbonyl (C=O) groups is 2. The fraction of sp³-hybridized carbons (Fsp3) is 0.158. The first kappa shape index (κ1) is 15.0. The van der Waals surface area contributed by atoms with Gasteiger partial charge in [-0.1, -0.05) is 48.5 Å². The van der Waals surface area contributed by atoms with Crippen LogP contribution in [0.4, 0.5) is 0 Å². The topological polar surface area (TPSA) is 46.6 Å². The van der Waals surface area contributed by atoms with Crippen LogP contribution in [-0.4, -0.2) is 23.4 Å². The smallest absolute Gasteiger partial charge is 0.355 e. The van der Waals surface area contributed by atoms with Gasteiger partial charge in [0.2, 0.25) is 0 Å². The lowest BCUT2D eigenvalue weighted by atomic mass is 10.1. The van der Waals surface area contributed by atoms with Gasteiger partial charge in [0.05, 0.1) is 13.2 Å². The van der Waals surface area contributed by atoms with Crippen molar-refractivity contribution in [3.63, 3.8) is 0 Å². The Bertz CT molecular complexity index is 765. The average molecular weight is 307 g/mol. The fourth-order valence-electron chi connectivity index (χ4n) is 2.61.